The van der Waals surface area contributed by atoms with Gasteiger partial charge in [0.15, 0.2) is 0 Å². The average Bonchev–Trinajstić information content (AvgIpc) is 2.25. The molecule has 0 radical (unpaired) electrons. The molecule has 0 bridgehead atoms. The second kappa shape index (κ2) is 6.25. The molecular weight excluding hydrogens is 263 g/mol. The smallest absolute Gasteiger partial charge is 0.389 e. The predicted octanol–water partition coefficient (Wildman–Crippen LogP) is 2.62. The lowest BCUT2D eigenvalue weighted by atomic mass is 9.79. The van der Waals surface area contributed by atoms with Crippen LogP contribution in [0, 0.1) is 0 Å². The normalized spacial score (nSPS) is 18.9. The van der Waals surface area contributed by atoms with Crippen molar-refractivity contribution in [2.75, 3.05) is 0 Å². The van der Waals surface area contributed by atoms with Crippen molar-refractivity contribution >= 4 is 11.9 Å². The van der Waals surface area contributed by atoms with E-state index >= 15 is 0 Å². The molecule has 19 heavy (non-hydrogen) atoms. The molecular formula is C12H18F3NO3. The third-order valence-corrected chi connectivity index (χ3v) is 3.34. The first-order valence-corrected chi connectivity index (χ1v) is 6.32. The monoisotopic (exact) mass is 281 g/mol. The summed E-state index contributed by atoms with van der Waals surface area (Å²) in [4.78, 5) is 22.4. The van der Waals surface area contributed by atoms with Crippen LogP contribution in [0.5, 0.6) is 0 Å². The first-order chi connectivity index (χ1) is 8.72. The van der Waals surface area contributed by atoms with E-state index in [1.807, 2.05) is 0 Å². The Hall–Kier alpha value is -1.27. The Kier molecular flexibility index (Phi) is 5.20. The van der Waals surface area contributed by atoms with Crippen molar-refractivity contribution in [3.63, 3.8) is 0 Å². The molecule has 1 aliphatic carbocycles. The van der Waals surface area contributed by atoms with Crippen LogP contribution >= 0.6 is 0 Å². The van der Waals surface area contributed by atoms with Crippen LogP contribution in [0.1, 0.15) is 51.4 Å². The molecule has 2 N–H and O–H groups in total. The molecule has 7 heteroatoms. The zero-order chi connectivity index (χ0) is 14.5. The SMILES string of the molecule is O=C(O)CC1(NC(=O)CCC(F)(F)F)CCCCC1. The first-order valence-electron chi connectivity index (χ1n) is 6.32. The van der Waals surface area contributed by atoms with Gasteiger partial charge >= 0.3 is 12.1 Å². The third kappa shape index (κ3) is 5.94. The van der Waals surface area contributed by atoms with Crippen LogP contribution in [0.3, 0.4) is 0 Å². The highest BCUT2D eigenvalue weighted by Crippen LogP contribution is 2.31. The molecule has 0 aromatic rings. The number of hydrogen-bond acceptors (Lipinski definition) is 2. The number of rotatable bonds is 5. The molecule has 0 aromatic heterocycles. The van der Waals surface area contributed by atoms with E-state index in [2.05, 4.69) is 5.32 Å². The maximum Gasteiger partial charge on any atom is 0.389 e. The van der Waals surface area contributed by atoms with E-state index in [0.717, 1.165) is 19.3 Å². The lowest BCUT2D eigenvalue weighted by Crippen LogP contribution is -2.51. The third-order valence-electron chi connectivity index (χ3n) is 3.34. The summed E-state index contributed by atoms with van der Waals surface area (Å²) in [6, 6.07) is 0. The van der Waals surface area contributed by atoms with Crippen LogP contribution in [-0.2, 0) is 9.59 Å². The van der Waals surface area contributed by atoms with E-state index in [-0.39, 0.29) is 6.42 Å². The Morgan fingerprint density at radius 1 is 1.16 bits per heavy atom. The quantitative estimate of drug-likeness (QED) is 0.814. The molecule has 0 aliphatic heterocycles. The average molecular weight is 281 g/mol. The van der Waals surface area contributed by atoms with Gasteiger partial charge in [-0.05, 0) is 12.8 Å². The molecule has 1 rings (SSSR count). The Balaban J connectivity index is 2.57. The summed E-state index contributed by atoms with van der Waals surface area (Å²) in [5.74, 6) is -1.77. The van der Waals surface area contributed by atoms with E-state index in [1.165, 1.54) is 0 Å². The van der Waals surface area contributed by atoms with Gasteiger partial charge in [-0.15, -0.1) is 0 Å². The highest BCUT2D eigenvalue weighted by atomic mass is 19.4. The molecule has 0 aromatic carbocycles. The van der Waals surface area contributed by atoms with E-state index in [0.29, 0.717) is 12.8 Å². The minimum Gasteiger partial charge on any atom is -0.481 e. The second-order valence-corrected chi connectivity index (χ2v) is 5.07. The molecule has 1 saturated carbocycles. The van der Waals surface area contributed by atoms with Crippen LogP contribution in [0.4, 0.5) is 13.2 Å². The van der Waals surface area contributed by atoms with Gasteiger partial charge in [0.05, 0.1) is 18.4 Å². The van der Waals surface area contributed by atoms with E-state index in [1.54, 1.807) is 0 Å². The Bertz CT molecular complexity index is 336. The standard InChI is InChI=1S/C12H18F3NO3/c13-12(14,15)7-4-9(17)16-11(8-10(18)19)5-2-1-3-6-11/h1-8H2,(H,16,17)(H,18,19). The van der Waals surface area contributed by atoms with Gasteiger partial charge in [-0.3, -0.25) is 9.59 Å². The Morgan fingerprint density at radius 3 is 2.21 bits per heavy atom. The minimum atomic E-state index is -4.37. The van der Waals surface area contributed by atoms with Gasteiger partial charge in [0.2, 0.25) is 5.91 Å². The van der Waals surface area contributed by atoms with Gasteiger partial charge in [-0.2, -0.15) is 13.2 Å². The van der Waals surface area contributed by atoms with Crippen LogP contribution in [-0.4, -0.2) is 28.7 Å². The molecule has 0 heterocycles. The zero-order valence-corrected chi connectivity index (χ0v) is 10.6. The number of amides is 1. The van der Waals surface area contributed by atoms with Crippen molar-refractivity contribution in [2.45, 2.75) is 63.1 Å². The fourth-order valence-corrected chi connectivity index (χ4v) is 2.48. The summed E-state index contributed by atoms with van der Waals surface area (Å²) >= 11 is 0. The molecule has 110 valence electrons. The van der Waals surface area contributed by atoms with Gasteiger partial charge in [0, 0.05) is 6.42 Å². The molecule has 4 nitrogen and oxygen atoms in total. The van der Waals surface area contributed by atoms with Crippen molar-refractivity contribution < 1.29 is 27.9 Å². The van der Waals surface area contributed by atoms with Crippen molar-refractivity contribution in [1.29, 1.82) is 0 Å². The number of carbonyl (C=O) groups is 2. The maximum atomic E-state index is 12.0. The number of alkyl halides is 3. The van der Waals surface area contributed by atoms with Crippen LogP contribution in [0.15, 0.2) is 0 Å². The number of carboxylic acids is 1. The molecule has 1 amide bonds. The van der Waals surface area contributed by atoms with Crippen LogP contribution in [0.25, 0.3) is 0 Å². The minimum absolute atomic E-state index is 0.231. The summed E-state index contributed by atoms with van der Waals surface area (Å²) in [6.45, 7) is 0. The van der Waals surface area contributed by atoms with E-state index in [9.17, 15) is 22.8 Å². The molecule has 0 spiro atoms. The number of hydrogen-bond donors (Lipinski definition) is 2. The highest BCUT2D eigenvalue weighted by molar-refractivity contribution is 5.78. The lowest BCUT2D eigenvalue weighted by Gasteiger charge is -2.37. The van der Waals surface area contributed by atoms with Gasteiger partial charge < -0.3 is 10.4 Å². The molecule has 0 unspecified atom stereocenters. The zero-order valence-electron chi connectivity index (χ0n) is 10.6. The molecule has 1 fully saturated rings. The topological polar surface area (TPSA) is 66.4 Å². The Labute approximate surface area is 109 Å². The van der Waals surface area contributed by atoms with E-state index < -0.39 is 36.4 Å². The molecule has 0 atom stereocenters. The number of halogens is 3. The van der Waals surface area contributed by atoms with Crippen molar-refractivity contribution in [3.05, 3.63) is 0 Å². The maximum absolute atomic E-state index is 12.0. The van der Waals surface area contributed by atoms with Crippen molar-refractivity contribution in [2.24, 2.45) is 0 Å². The van der Waals surface area contributed by atoms with Gasteiger partial charge in [-0.1, -0.05) is 19.3 Å². The summed E-state index contributed by atoms with van der Waals surface area (Å²) in [5.41, 5.74) is -0.868. The van der Waals surface area contributed by atoms with E-state index in [4.69, 9.17) is 5.11 Å². The largest absolute Gasteiger partial charge is 0.481 e. The highest BCUT2D eigenvalue weighted by Gasteiger charge is 2.36. The first kappa shape index (κ1) is 15.8. The number of aliphatic carboxylic acids is 1. The molecule has 0 saturated heterocycles. The van der Waals surface area contributed by atoms with Crippen molar-refractivity contribution in [3.8, 4) is 0 Å². The molecule has 1 aliphatic rings. The van der Waals surface area contributed by atoms with Crippen LogP contribution < -0.4 is 5.32 Å². The fraction of sp³-hybridized carbons (Fsp3) is 0.833. The summed E-state index contributed by atoms with van der Waals surface area (Å²) < 4.78 is 36.1. The van der Waals surface area contributed by atoms with Gasteiger partial charge in [0.1, 0.15) is 0 Å². The predicted molar refractivity (Wildman–Crippen MR) is 61.5 cm³/mol. The van der Waals surface area contributed by atoms with Crippen LogP contribution in [0.2, 0.25) is 0 Å². The lowest BCUT2D eigenvalue weighted by molar-refractivity contribution is -0.146. The number of carbonyl (C=O) groups excluding carboxylic acids is 1. The second-order valence-electron chi connectivity index (χ2n) is 5.07. The fourth-order valence-electron chi connectivity index (χ4n) is 2.48. The summed E-state index contributed by atoms with van der Waals surface area (Å²) in [6.07, 6.45) is -2.88. The summed E-state index contributed by atoms with van der Waals surface area (Å²) in [5, 5.41) is 11.4. The Morgan fingerprint density at radius 2 is 1.74 bits per heavy atom. The van der Waals surface area contributed by atoms with Gasteiger partial charge in [-0.25, -0.2) is 0 Å². The summed E-state index contributed by atoms with van der Waals surface area (Å²) in [7, 11) is 0. The number of nitrogens with one attached hydrogen (secondary N) is 1. The number of carboxylic acid groups (broad SMARTS) is 1. The van der Waals surface area contributed by atoms with Crippen molar-refractivity contribution in [1.82, 2.24) is 5.32 Å². The van der Waals surface area contributed by atoms with Gasteiger partial charge in [0.25, 0.3) is 0 Å².